The lowest BCUT2D eigenvalue weighted by Crippen LogP contribution is -2.50. The van der Waals surface area contributed by atoms with Crippen LogP contribution in [0.5, 0.6) is 5.75 Å². The number of carbonyl (C=O) groups is 3. The van der Waals surface area contributed by atoms with Crippen LogP contribution in [0.2, 0.25) is 0 Å². The van der Waals surface area contributed by atoms with Crippen molar-refractivity contribution in [3.8, 4) is 11.8 Å². The molecule has 3 aromatic rings. The molecule has 9 nitrogen and oxygen atoms in total. The largest absolute Gasteiger partial charge is 0.496 e. The molecule has 2 heterocycles. The van der Waals surface area contributed by atoms with E-state index in [1.165, 1.54) is 18.2 Å². The molecule has 5 rings (SSSR count). The molecule has 3 atom stereocenters. The molecule has 3 unspecified atom stereocenters. The van der Waals surface area contributed by atoms with Crippen molar-refractivity contribution in [1.82, 2.24) is 15.6 Å². The molecular formula is C27H26FN5O4. The van der Waals surface area contributed by atoms with Gasteiger partial charge in [0.25, 0.3) is 5.91 Å². The lowest BCUT2D eigenvalue weighted by atomic mass is 9.93. The summed E-state index contributed by atoms with van der Waals surface area (Å²) >= 11 is 0. The fraction of sp³-hybridized carbons (Fsp3) is 0.333. The number of aromatic amines is 1. The van der Waals surface area contributed by atoms with Gasteiger partial charge in [0, 0.05) is 16.6 Å². The van der Waals surface area contributed by atoms with Crippen molar-refractivity contribution in [2.24, 2.45) is 5.92 Å². The fourth-order valence-corrected chi connectivity index (χ4v) is 4.77. The molecule has 4 N–H and O–H groups in total. The molecule has 0 bridgehead atoms. The Morgan fingerprint density at radius 3 is 2.73 bits per heavy atom. The Hall–Kier alpha value is -4.39. The van der Waals surface area contributed by atoms with E-state index in [-0.39, 0.29) is 18.0 Å². The van der Waals surface area contributed by atoms with Crippen LogP contribution in [-0.4, -0.2) is 41.9 Å². The summed E-state index contributed by atoms with van der Waals surface area (Å²) in [5.74, 6) is -1.52. The number of benzene rings is 2. The van der Waals surface area contributed by atoms with Crippen molar-refractivity contribution in [2.45, 2.75) is 43.7 Å². The molecule has 190 valence electrons. The summed E-state index contributed by atoms with van der Waals surface area (Å²) in [6, 6.07) is 11.3. The van der Waals surface area contributed by atoms with Crippen LogP contribution >= 0.6 is 0 Å². The average Bonchev–Trinajstić information content (AvgIpc) is 3.50. The van der Waals surface area contributed by atoms with Crippen molar-refractivity contribution in [1.29, 1.82) is 5.26 Å². The number of carbonyl (C=O) groups excluding carboxylic acids is 3. The maximum absolute atomic E-state index is 13.5. The minimum Gasteiger partial charge on any atom is -0.496 e. The van der Waals surface area contributed by atoms with Gasteiger partial charge in [0.15, 0.2) is 0 Å². The molecule has 0 saturated heterocycles. The second kappa shape index (κ2) is 9.93. The summed E-state index contributed by atoms with van der Waals surface area (Å²) < 4.78 is 18.9. The van der Waals surface area contributed by atoms with Crippen LogP contribution in [0, 0.1) is 23.1 Å². The Bertz CT molecular complexity index is 1420. The van der Waals surface area contributed by atoms with Crippen molar-refractivity contribution in [2.75, 3.05) is 12.4 Å². The van der Waals surface area contributed by atoms with Crippen LogP contribution in [0.4, 0.5) is 10.1 Å². The molecule has 0 spiro atoms. The van der Waals surface area contributed by atoms with Gasteiger partial charge < -0.3 is 25.7 Å². The molecule has 1 aromatic heterocycles. The summed E-state index contributed by atoms with van der Waals surface area (Å²) in [5, 5.41) is 18.6. The molecule has 1 fully saturated rings. The Labute approximate surface area is 212 Å². The first-order valence-corrected chi connectivity index (χ1v) is 12.1. The van der Waals surface area contributed by atoms with Gasteiger partial charge in [0.05, 0.1) is 19.1 Å². The van der Waals surface area contributed by atoms with Crippen molar-refractivity contribution in [3.63, 3.8) is 0 Å². The lowest BCUT2D eigenvalue weighted by molar-refractivity contribution is -0.124. The Kier molecular flexibility index (Phi) is 6.53. The van der Waals surface area contributed by atoms with Gasteiger partial charge in [-0.05, 0) is 54.7 Å². The topological polar surface area (TPSA) is 136 Å². The highest BCUT2D eigenvalue weighted by molar-refractivity contribution is 6.03. The SMILES string of the molecule is COc1cccc2[nH]c(C(=O)NC(CC3CC3)C(=O)NC(C#N)CC3C(=O)Nc4cc(F)ccc43)cc12. The van der Waals surface area contributed by atoms with E-state index < -0.39 is 35.6 Å². The first kappa shape index (κ1) is 24.3. The molecule has 2 aromatic carbocycles. The van der Waals surface area contributed by atoms with Crippen LogP contribution in [0.25, 0.3) is 10.9 Å². The highest BCUT2D eigenvalue weighted by Crippen LogP contribution is 2.36. The Morgan fingerprint density at radius 2 is 2.00 bits per heavy atom. The molecule has 1 saturated carbocycles. The minimum absolute atomic E-state index is 0.0264. The first-order valence-electron chi connectivity index (χ1n) is 12.1. The number of hydrogen-bond acceptors (Lipinski definition) is 5. The molecule has 1 aliphatic heterocycles. The third-order valence-corrected chi connectivity index (χ3v) is 6.89. The van der Waals surface area contributed by atoms with Crippen LogP contribution in [0.3, 0.4) is 0 Å². The molecule has 3 amide bonds. The maximum Gasteiger partial charge on any atom is 0.268 e. The second-order valence-electron chi connectivity index (χ2n) is 9.51. The number of amides is 3. The van der Waals surface area contributed by atoms with Crippen molar-refractivity contribution in [3.05, 3.63) is 59.5 Å². The standard InChI is InChI=1S/C27H26FN5O4/c1-37-24-4-2-3-20-19(24)12-23(31-20)27(36)33-22(9-14-5-6-14)26(35)30-16(13-29)11-18-17-8-7-15(28)10-21(17)32-25(18)34/h2-4,7-8,10,12,14,16,18,22,31H,5-6,9,11H2,1H3,(H,30,35)(H,32,34)(H,33,36). The fourth-order valence-electron chi connectivity index (χ4n) is 4.77. The van der Waals surface area contributed by atoms with Gasteiger partial charge in [0.2, 0.25) is 11.8 Å². The van der Waals surface area contributed by atoms with E-state index in [1.54, 1.807) is 19.2 Å². The number of H-pyrrole nitrogens is 1. The third kappa shape index (κ3) is 5.11. The predicted octanol–water partition coefficient (Wildman–Crippen LogP) is 3.35. The number of methoxy groups -OCH3 is 1. The second-order valence-corrected chi connectivity index (χ2v) is 9.51. The first-order chi connectivity index (χ1) is 17.9. The number of anilines is 1. The van der Waals surface area contributed by atoms with E-state index in [4.69, 9.17) is 4.74 Å². The summed E-state index contributed by atoms with van der Waals surface area (Å²) in [4.78, 5) is 41.8. The molecule has 0 radical (unpaired) electrons. The minimum atomic E-state index is -0.977. The summed E-state index contributed by atoms with van der Waals surface area (Å²) in [6.45, 7) is 0. The smallest absolute Gasteiger partial charge is 0.268 e. The van der Waals surface area contributed by atoms with E-state index in [0.29, 0.717) is 29.3 Å². The number of aromatic nitrogens is 1. The number of nitrogens with zero attached hydrogens (tertiary/aromatic N) is 1. The van der Waals surface area contributed by atoms with Gasteiger partial charge in [-0.15, -0.1) is 0 Å². The predicted molar refractivity (Wildman–Crippen MR) is 133 cm³/mol. The van der Waals surface area contributed by atoms with E-state index in [0.717, 1.165) is 23.7 Å². The zero-order valence-corrected chi connectivity index (χ0v) is 20.1. The van der Waals surface area contributed by atoms with Gasteiger partial charge in [-0.3, -0.25) is 14.4 Å². The molecular weight excluding hydrogens is 477 g/mol. The zero-order chi connectivity index (χ0) is 26.1. The molecule has 37 heavy (non-hydrogen) atoms. The van der Waals surface area contributed by atoms with Crippen LogP contribution in [-0.2, 0) is 9.59 Å². The number of rotatable bonds is 9. The quantitative estimate of drug-likeness (QED) is 0.355. The lowest BCUT2D eigenvalue weighted by Gasteiger charge is -2.21. The van der Waals surface area contributed by atoms with E-state index >= 15 is 0 Å². The zero-order valence-electron chi connectivity index (χ0n) is 20.1. The number of nitrogens with one attached hydrogen (secondary N) is 4. The van der Waals surface area contributed by atoms with E-state index in [2.05, 4.69) is 20.9 Å². The monoisotopic (exact) mass is 503 g/mol. The summed E-state index contributed by atoms with van der Waals surface area (Å²) in [5.41, 5.74) is 1.97. The normalized spacial score (nSPS) is 17.9. The number of hydrogen-bond donors (Lipinski definition) is 4. The number of fused-ring (bicyclic) bond motifs is 2. The van der Waals surface area contributed by atoms with Gasteiger partial charge in [0.1, 0.15) is 29.3 Å². The highest BCUT2D eigenvalue weighted by Gasteiger charge is 2.35. The van der Waals surface area contributed by atoms with Gasteiger partial charge in [-0.25, -0.2) is 4.39 Å². The maximum atomic E-state index is 13.5. The van der Waals surface area contributed by atoms with Gasteiger partial charge >= 0.3 is 0 Å². The highest BCUT2D eigenvalue weighted by atomic mass is 19.1. The van der Waals surface area contributed by atoms with Gasteiger partial charge in [-0.1, -0.05) is 25.0 Å². The van der Waals surface area contributed by atoms with Crippen LogP contribution in [0.1, 0.15) is 47.7 Å². The Balaban J connectivity index is 1.29. The molecule has 10 heteroatoms. The third-order valence-electron chi connectivity index (χ3n) is 6.89. The van der Waals surface area contributed by atoms with E-state index in [9.17, 15) is 24.0 Å². The molecule has 1 aliphatic carbocycles. The van der Waals surface area contributed by atoms with Crippen molar-refractivity contribution < 1.29 is 23.5 Å². The Morgan fingerprint density at radius 1 is 1.19 bits per heavy atom. The van der Waals surface area contributed by atoms with Gasteiger partial charge in [-0.2, -0.15) is 5.26 Å². The van der Waals surface area contributed by atoms with Crippen LogP contribution < -0.4 is 20.7 Å². The number of nitriles is 1. The average molecular weight is 504 g/mol. The summed E-state index contributed by atoms with van der Waals surface area (Å²) in [6.07, 6.45) is 2.42. The summed E-state index contributed by atoms with van der Waals surface area (Å²) in [7, 11) is 1.55. The number of ether oxygens (including phenoxy) is 1. The number of halogens is 1. The van der Waals surface area contributed by atoms with E-state index in [1.807, 2.05) is 18.2 Å². The molecule has 2 aliphatic rings. The van der Waals surface area contributed by atoms with Crippen LogP contribution in [0.15, 0.2) is 42.5 Å². The van der Waals surface area contributed by atoms with Crippen molar-refractivity contribution >= 4 is 34.3 Å².